The van der Waals surface area contributed by atoms with Crippen LogP contribution in [-0.4, -0.2) is 19.8 Å². The number of thiazole rings is 1. The van der Waals surface area contributed by atoms with Gasteiger partial charge >= 0.3 is 6.36 Å². The van der Waals surface area contributed by atoms with Crippen LogP contribution in [0.1, 0.15) is 5.56 Å². The van der Waals surface area contributed by atoms with Gasteiger partial charge in [0, 0.05) is 18.1 Å². The molecule has 28 heavy (non-hydrogen) atoms. The summed E-state index contributed by atoms with van der Waals surface area (Å²) in [5.74, 6) is 0.0593. The molecule has 11 heteroatoms. The molecular weight excluding hydrogens is 417 g/mol. The lowest BCUT2D eigenvalue weighted by atomic mass is 10.2. The largest absolute Gasteiger partial charge is 0.573 e. The van der Waals surface area contributed by atoms with Crippen LogP contribution in [0.2, 0.25) is 0 Å². The van der Waals surface area contributed by atoms with E-state index >= 15 is 0 Å². The normalized spacial score (nSPS) is 12.0. The Balaban J connectivity index is 1.60. The van der Waals surface area contributed by atoms with Crippen molar-refractivity contribution >= 4 is 21.4 Å². The molecule has 3 aromatic rings. The number of alkyl halides is 3. The molecule has 0 fully saturated rings. The lowest BCUT2D eigenvalue weighted by Crippen LogP contribution is -2.23. The van der Waals surface area contributed by atoms with Gasteiger partial charge in [0.05, 0.1) is 4.90 Å². The first-order chi connectivity index (χ1) is 13.2. The Morgan fingerprint density at radius 3 is 2.21 bits per heavy atom. The van der Waals surface area contributed by atoms with Crippen LogP contribution in [0, 0.1) is 0 Å². The minimum Gasteiger partial charge on any atom is -0.431 e. The van der Waals surface area contributed by atoms with Gasteiger partial charge in [-0.25, -0.2) is 18.1 Å². The lowest BCUT2D eigenvalue weighted by molar-refractivity contribution is -0.274. The van der Waals surface area contributed by atoms with Crippen molar-refractivity contribution in [3.05, 3.63) is 65.7 Å². The molecule has 1 N–H and O–H groups in total. The van der Waals surface area contributed by atoms with Gasteiger partial charge in [-0.3, -0.25) is 0 Å². The number of rotatable bonds is 7. The Morgan fingerprint density at radius 1 is 1.00 bits per heavy atom. The summed E-state index contributed by atoms with van der Waals surface area (Å²) in [5, 5.41) is 2.27. The molecule has 0 saturated heterocycles. The van der Waals surface area contributed by atoms with Gasteiger partial charge in [-0.05, 0) is 42.0 Å². The number of halogens is 3. The Kier molecular flexibility index (Phi) is 5.87. The van der Waals surface area contributed by atoms with Crippen molar-refractivity contribution in [3.63, 3.8) is 0 Å². The molecule has 0 saturated carbocycles. The van der Waals surface area contributed by atoms with Crippen molar-refractivity contribution in [2.45, 2.75) is 17.8 Å². The van der Waals surface area contributed by atoms with E-state index in [9.17, 15) is 21.6 Å². The van der Waals surface area contributed by atoms with Gasteiger partial charge < -0.3 is 9.47 Å². The molecule has 0 aliphatic rings. The lowest BCUT2D eigenvalue weighted by Gasteiger charge is -2.10. The summed E-state index contributed by atoms with van der Waals surface area (Å²) in [6.07, 6.45) is -3.22. The minimum atomic E-state index is -4.84. The van der Waals surface area contributed by atoms with Crippen LogP contribution in [0.5, 0.6) is 16.7 Å². The van der Waals surface area contributed by atoms with Crippen LogP contribution in [-0.2, 0) is 16.6 Å². The number of sulfonamides is 1. The van der Waals surface area contributed by atoms with Crippen LogP contribution < -0.4 is 14.2 Å². The van der Waals surface area contributed by atoms with E-state index in [1.54, 1.807) is 35.8 Å². The number of hydrogen-bond donors (Lipinski definition) is 1. The third kappa shape index (κ3) is 5.68. The van der Waals surface area contributed by atoms with Gasteiger partial charge in [0.15, 0.2) is 0 Å². The van der Waals surface area contributed by atoms with Crippen LogP contribution in [0.25, 0.3) is 0 Å². The summed E-state index contributed by atoms with van der Waals surface area (Å²) in [4.78, 5) is 3.82. The third-order valence-corrected chi connectivity index (χ3v) is 5.44. The van der Waals surface area contributed by atoms with E-state index in [0.29, 0.717) is 16.5 Å². The zero-order valence-electron chi connectivity index (χ0n) is 14.0. The molecule has 0 aliphatic carbocycles. The van der Waals surface area contributed by atoms with Gasteiger partial charge in [-0.1, -0.05) is 23.5 Å². The molecule has 3 rings (SSSR count). The van der Waals surface area contributed by atoms with E-state index in [0.717, 1.165) is 24.3 Å². The standard InChI is InChI=1S/C17H13F3N2O4S2/c18-17(19,20)26-14-5-7-15(8-6-14)28(23,24)22-11-12-1-3-13(4-2-12)25-16-21-9-10-27-16/h1-10,22H,11H2. The Morgan fingerprint density at radius 2 is 1.64 bits per heavy atom. The maximum Gasteiger partial charge on any atom is 0.573 e. The summed E-state index contributed by atoms with van der Waals surface area (Å²) < 4.78 is 72.6. The number of aromatic nitrogens is 1. The van der Waals surface area contributed by atoms with E-state index in [4.69, 9.17) is 4.74 Å². The molecule has 0 bridgehead atoms. The van der Waals surface area contributed by atoms with Crippen molar-refractivity contribution < 1.29 is 31.1 Å². The van der Waals surface area contributed by atoms with Crippen LogP contribution in [0.4, 0.5) is 13.2 Å². The summed E-state index contributed by atoms with van der Waals surface area (Å²) >= 11 is 1.34. The van der Waals surface area contributed by atoms with E-state index in [-0.39, 0.29) is 11.4 Å². The molecule has 0 atom stereocenters. The Bertz CT molecular complexity index is 1000. The first kappa shape index (κ1) is 20.1. The number of nitrogens with one attached hydrogen (secondary N) is 1. The molecule has 2 aromatic carbocycles. The topological polar surface area (TPSA) is 77.5 Å². The molecule has 6 nitrogen and oxygen atoms in total. The van der Waals surface area contributed by atoms with Crippen molar-refractivity contribution in [2.24, 2.45) is 0 Å². The number of benzene rings is 2. The predicted molar refractivity (Wildman–Crippen MR) is 95.8 cm³/mol. The minimum absolute atomic E-state index is 0.000663. The van der Waals surface area contributed by atoms with Gasteiger partial charge in [0.1, 0.15) is 11.5 Å². The maximum atomic E-state index is 12.3. The van der Waals surface area contributed by atoms with Crippen molar-refractivity contribution in [3.8, 4) is 16.7 Å². The number of nitrogens with zero attached hydrogens (tertiary/aromatic N) is 1. The van der Waals surface area contributed by atoms with Crippen LogP contribution in [0.3, 0.4) is 0 Å². The molecule has 0 unspecified atom stereocenters. The highest BCUT2D eigenvalue weighted by atomic mass is 32.2. The molecular formula is C17H13F3N2O4S2. The second-order valence-corrected chi connectivity index (χ2v) is 8.01. The van der Waals surface area contributed by atoms with Gasteiger partial charge in [-0.15, -0.1) is 13.2 Å². The first-order valence-corrected chi connectivity index (χ1v) is 10.1. The molecule has 0 aliphatic heterocycles. The van der Waals surface area contributed by atoms with Crippen LogP contribution >= 0.6 is 11.3 Å². The highest BCUT2D eigenvalue weighted by Gasteiger charge is 2.31. The average molecular weight is 430 g/mol. The van der Waals surface area contributed by atoms with Gasteiger partial charge in [-0.2, -0.15) is 0 Å². The quantitative estimate of drug-likeness (QED) is 0.604. The highest BCUT2D eigenvalue weighted by Crippen LogP contribution is 2.25. The molecule has 148 valence electrons. The average Bonchev–Trinajstić information content (AvgIpc) is 3.13. The molecule has 0 spiro atoms. The summed E-state index contributed by atoms with van der Waals surface area (Å²) in [5.41, 5.74) is 0.673. The summed E-state index contributed by atoms with van der Waals surface area (Å²) in [6.45, 7) is 0.000663. The fourth-order valence-electron chi connectivity index (χ4n) is 2.12. The smallest absolute Gasteiger partial charge is 0.431 e. The summed E-state index contributed by atoms with van der Waals surface area (Å²) in [7, 11) is -3.90. The zero-order chi connectivity index (χ0) is 20.2. The summed E-state index contributed by atoms with van der Waals surface area (Å²) in [6, 6.07) is 10.7. The van der Waals surface area contributed by atoms with E-state index in [2.05, 4.69) is 14.4 Å². The predicted octanol–water partition coefficient (Wildman–Crippen LogP) is 4.31. The number of hydrogen-bond acceptors (Lipinski definition) is 6. The Hall–Kier alpha value is -2.63. The van der Waals surface area contributed by atoms with Crippen molar-refractivity contribution in [1.29, 1.82) is 0 Å². The third-order valence-electron chi connectivity index (χ3n) is 3.37. The van der Waals surface area contributed by atoms with E-state index < -0.39 is 22.1 Å². The highest BCUT2D eigenvalue weighted by molar-refractivity contribution is 7.89. The maximum absolute atomic E-state index is 12.3. The second-order valence-electron chi connectivity index (χ2n) is 5.39. The monoisotopic (exact) mass is 430 g/mol. The van der Waals surface area contributed by atoms with Crippen LogP contribution in [0.15, 0.2) is 65.0 Å². The molecule has 1 aromatic heterocycles. The van der Waals surface area contributed by atoms with Gasteiger partial charge in [0.2, 0.25) is 10.0 Å². The van der Waals surface area contributed by atoms with Crippen molar-refractivity contribution in [1.82, 2.24) is 9.71 Å². The Labute approximate surface area is 162 Å². The first-order valence-electron chi connectivity index (χ1n) is 7.73. The fraction of sp³-hybridized carbons (Fsp3) is 0.118. The molecule has 1 heterocycles. The molecule has 0 amide bonds. The fourth-order valence-corrected chi connectivity index (χ4v) is 3.64. The van der Waals surface area contributed by atoms with E-state index in [1.807, 2.05) is 0 Å². The molecule has 0 radical (unpaired) electrons. The van der Waals surface area contributed by atoms with Gasteiger partial charge in [0.25, 0.3) is 5.19 Å². The zero-order valence-corrected chi connectivity index (χ0v) is 15.6. The second kappa shape index (κ2) is 8.17. The number of ether oxygens (including phenoxy) is 2. The van der Waals surface area contributed by atoms with E-state index in [1.165, 1.54) is 11.3 Å². The van der Waals surface area contributed by atoms with Crippen molar-refractivity contribution in [2.75, 3.05) is 0 Å². The SMILES string of the molecule is O=S(=O)(NCc1ccc(Oc2nccs2)cc1)c1ccc(OC(F)(F)F)cc1.